The minimum absolute atomic E-state index is 0.145. The summed E-state index contributed by atoms with van der Waals surface area (Å²) in [5, 5.41) is 14.6. The van der Waals surface area contributed by atoms with E-state index in [9.17, 15) is 5.11 Å². The minimum Gasteiger partial charge on any atom is -0.493 e. The number of aromatic nitrogens is 4. The summed E-state index contributed by atoms with van der Waals surface area (Å²) in [6, 6.07) is 8.13. The van der Waals surface area contributed by atoms with Crippen molar-refractivity contribution in [3.05, 3.63) is 35.0 Å². The van der Waals surface area contributed by atoms with Crippen molar-refractivity contribution in [2.24, 2.45) is 0 Å². The molecule has 1 aliphatic heterocycles. The van der Waals surface area contributed by atoms with Gasteiger partial charge in [0.05, 0.1) is 12.3 Å². The Labute approximate surface area is 143 Å². The Bertz CT molecular complexity index is 885. The number of fused-ring (bicyclic) bond motifs is 3. The van der Waals surface area contributed by atoms with Gasteiger partial charge >= 0.3 is 0 Å². The molecule has 0 saturated heterocycles. The van der Waals surface area contributed by atoms with Crippen LogP contribution in [0.2, 0.25) is 0 Å². The number of thiazole rings is 1. The van der Waals surface area contributed by atoms with Crippen molar-refractivity contribution in [3.63, 3.8) is 0 Å². The van der Waals surface area contributed by atoms with Crippen LogP contribution in [0.4, 0.5) is 0 Å². The van der Waals surface area contributed by atoms with Gasteiger partial charge in [-0.15, -0.1) is 11.3 Å². The van der Waals surface area contributed by atoms with E-state index in [4.69, 9.17) is 9.72 Å². The maximum atomic E-state index is 9.36. The van der Waals surface area contributed by atoms with E-state index in [1.165, 1.54) is 4.88 Å². The highest BCUT2D eigenvalue weighted by Gasteiger charge is 2.23. The number of aliphatic hydroxyl groups excluding tert-OH is 1. The van der Waals surface area contributed by atoms with Crippen molar-refractivity contribution in [2.75, 3.05) is 6.61 Å². The standard InChI is InChI=1S/C17H18N4O2S/c1-10(2)21-16(18-14(9-22)20-21)17-19-15-11-5-3-4-6-12(11)23-8-7-13(15)24-17/h3-6,10,22H,7-9H2,1-2H3. The summed E-state index contributed by atoms with van der Waals surface area (Å²) < 4.78 is 7.64. The van der Waals surface area contributed by atoms with Gasteiger partial charge in [-0.1, -0.05) is 12.1 Å². The third-order valence-corrected chi connectivity index (χ3v) is 5.03. The average molecular weight is 342 g/mol. The lowest BCUT2D eigenvalue weighted by atomic mass is 10.1. The lowest BCUT2D eigenvalue weighted by Gasteiger charge is -2.07. The average Bonchev–Trinajstić information content (AvgIpc) is 3.16. The van der Waals surface area contributed by atoms with Gasteiger partial charge in [-0.05, 0) is 26.0 Å². The second-order valence-corrected chi connectivity index (χ2v) is 7.02. The molecule has 0 unspecified atom stereocenters. The van der Waals surface area contributed by atoms with E-state index in [1.807, 2.05) is 42.8 Å². The second-order valence-electron chi connectivity index (χ2n) is 5.93. The fraction of sp³-hybridized carbons (Fsp3) is 0.353. The second kappa shape index (κ2) is 5.99. The van der Waals surface area contributed by atoms with Crippen LogP contribution in [0.25, 0.3) is 22.1 Å². The van der Waals surface area contributed by atoms with E-state index in [2.05, 4.69) is 10.1 Å². The van der Waals surface area contributed by atoms with E-state index in [1.54, 1.807) is 11.3 Å². The van der Waals surface area contributed by atoms with E-state index in [0.717, 1.165) is 28.4 Å². The zero-order valence-corrected chi connectivity index (χ0v) is 14.4. The summed E-state index contributed by atoms with van der Waals surface area (Å²) in [6.45, 7) is 4.56. The van der Waals surface area contributed by atoms with Crippen molar-refractivity contribution in [3.8, 4) is 27.8 Å². The Morgan fingerprint density at radius 2 is 2.12 bits per heavy atom. The van der Waals surface area contributed by atoms with Crippen LogP contribution in [0.1, 0.15) is 30.6 Å². The molecule has 2 aromatic heterocycles. The van der Waals surface area contributed by atoms with Gasteiger partial charge in [0, 0.05) is 22.9 Å². The maximum Gasteiger partial charge on any atom is 0.187 e. The third-order valence-electron chi connectivity index (χ3n) is 3.92. The first-order chi connectivity index (χ1) is 11.7. The lowest BCUT2D eigenvalue weighted by molar-refractivity contribution is 0.270. The minimum atomic E-state index is -0.172. The molecule has 1 N–H and O–H groups in total. The highest BCUT2D eigenvalue weighted by Crippen LogP contribution is 2.39. The predicted octanol–water partition coefficient (Wildman–Crippen LogP) is 3.08. The zero-order valence-electron chi connectivity index (χ0n) is 13.6. The van der Waals surface area contributed by atoms with Crippen LogP contribution < -0.4 is 4.74 Å². The van der Waals surface area contributed by atoms with Gasteiger partial charge in [0.1, 0.15) is 12.4 Å². The first-order valence-electron chi connectivity index (χ1n) is 7.96. The molecule has 24 heavy (non-hydrogen) atoms. The first kappa shape index (κ1) is 15.3. The van der Waals surface area contributed by atoms with E-state index in [0.29, 0.717) is 18.3 Å². The number of para-hydroxylation sites is 1. The fourth-order valence-electron chi connectivity index (χ4n) is 2.81. The van der Waals surface area contributed by atoms with Crippen LogP contribution in [0.3, 0.4) is 0 Å². The van der Waals surface area contributed by atoms with Crippen LogP contribution >= 0.6 is 11.3 Å². The number of rotatable bonds is 3. The van der Waals surface area contributed by atoms with Crippen molar-refractivity contribution in [1.82, 2.24) is 19.7 Å². The Hall–Kier alpha value is -2.25. The SMILES string of the molecule is CC(C)n1nc(CO)nc1-c1nc2c(s1)CCOc1ccccc1-2. The Morgan fingerprint density at radius 3 is 2.92 bits per heavy atom. The highest BCUT2D eigenvalue weighted by molar-refractivity contribution is 7.15. The molecule has 0 spiro atoms. The van der Waals surface area contributed by atoms with Crippen molar-refractivity contribution in [2.45, 2.75) is 32.9 Å². The molecular formula is C17H18N4O2S. The summed E-state index contributed by atoms with van der Waals surface area (Å²) >= 11 is 1.62. The van der Waals surface area contributed by atoms with Gasteiger partial charge < -0.3 is 9.84 Å². The first-order valence-corrected chi connectivity index (χ1v) is 8.77. The van der Waals surface area contributed by atoms with Crippen LogP contribution in [0.15, 0.2) is 24.3 Å². The van der Waals surface area contributed by atoms with Crippen molar-refractivity contribution in [1.29, 1.82) is 0 Å². The Kier molecular flexibility index (Phi) is 3.82. The van der Waals surface area contributed by atoms with Crippen molar-refractivity contribution >= 4 is 11.3 Å². The lowest BCUT2D eigenvalue weighted by Crippen LogP contribution is -2.05. The smallest absolute Gasteiger partial charge is 0.187 e. The number of aliphatic hydroxyl groups is 1. The quantitative estimate of drug-likeness (QED) is 0.792. The molecule has 0 atom stereocenters. The monoisotopic (exact) mass is 342 g/mol. The highest BCUT2D eigenvalue weighted by atomic mass is 32.1. The molecule has 124 valence electrons. The van der Waals surface area contributed by atoms with Crippen molar-refractivity contribution < 1.29 is 9.84 Å². The summed E-state index contributed by atoms with van der Waals surface area (Å²) in [7, 11) is 0. The Morgan fingerprint density at radius 1 is 1.29 bits per heavy atom. The number of benzene rings is 1. The molecule has 0 aliphatic carbocycles. The van der Waals surface area contributed by atoms with Crippen LogP contribution in [-0.2, 0) is 13.0 Å². The normalized spacial score (nSPS) is 13.3. The van der Waals surface area contributed by atoms with Gasteiger partial charge in [0.25, 0.3) is 0 Å². The number of nitrogens with zero attached hydrogens (tertiary/aromatic N) is 4. The van der Waals surface area contributed by atoms with E-state index in [-0.39, 0.29) is 12.6 Å². The molecule has 1 aliphatic rings. The van der Waals surface area contributed by atoms with Gasteiger partial charge in [0.2, 0.25) is 0 Å². The molecule has 0 fully saturated rings. The molecule has 0 saturated carbocycles. The van der Waals surface area contributed by atoms with Gasteiger partial charge in [-0.25, -0.2) is 14.6 Å². The van der Waals surface area contributed by atoms with Crippen LogP contribution in [0.5, 0.6) is 5.75 Å². The molecule has 3 heterocycles. The molecule has 7 heteroatoms. The third kappa shape index (κ3) is 2.50. The van der Waals surface area contributed by atoms with Gasteiger partial charge in [-0.3, -0.25) is 0 Å². The summed E-state index contributed by atoms with van der Waals surface area (Å²) in [5.74, 6) is 2.01. The topological polar surface area (TPSA) is 73.1 Å². The zero-order chi connectivity index (χ0) is 16.7. The largest absolute Gasteiger partial charge is 0.493 e. The maximum absolute atomic E-state index is 9.36. The fourth-order valence-corrected chi connectivity index (χ4v) is 3.85. The van der Waals surface area contributed by atoms with Gasteiger partial charge in [-0.2, -0.15) is 5.10 Å². The molecule has 3 aromatic rings. The van der Waals surface area contributed by atoms with E-state index < -0.39 is 0 Å². The van der Waals surface area contributed by atoms with Crippen LogP contribution in [-0.4, -0.2) is 31.5 Å². The van der Waals surface area contributed by atoms with Crippen LogP contribution in [0, 0.1) is 0 Å². The summed E-state index contributed by atoms with van der Waals surface area (Å²) in [6.07, 6.45) is 0.824. The predicted molar refractivity (Wildman–Crippen MR) is 92.1 cm³/mol. The molecule has 6 nitrogen and oxygen atoms in total. The molecule has 1 aromatic carbocycles. The van der Waals surface area contributed by atoms with E-state index >= 15 is 0 Å². The molecule has 4 rings (SSSR count). The summed E-state index contributed by atoms with van der Waals surface area (Å²) in [5.41, 5.74) is 1.98. The number of ether oxygens (including phenoxy) is 1. The summed E-state index contributed by atoms with van der Waals surface area (Å²) in [4.78, 5) is 10.5. The Balaban J connectivity index is 1.86. The molecular weight excluding hydrogens is 324 g/mol. The van der Waals surface area contributed by atoms with Gasteiger partial charge in [0.15, 0.2) is 16.7 Å². The number of hydrogen-bond donors (Lipinski definition) is 1. The molecule has 0 amide bonds. The molecule has 0 bridgehead atoms. The molecule has 0 radical (unpaired) electrons. The number of hydrogen-bond acceptors (Lipinski definition) is 6.